The highest BCUT2D eigenvalue weighted by atomic mass is 19.2. The van der Waals surface area contributed by atoms with E-state index in [2.05, 4.69) is 0 Å². The summed E-state index contributed by atoms with van der Waals surface area (Å²) < 4.78 is 26.1. The van der Waals surface area contributed by atoms with Gasteiger partial charge in [-0.1, -0.05) is 35.9 Å². The van der Waals surface area contributed by atoms with Crippen molar-refractivity contribution in [2.24, 2.45) is 5.92 Å². The van der Waals surface area contributed by atoms with E-state index in [9.17, 15) is 18.7 Å². The fraction of sp³-hybridized carbons (Fsp3) is 0.235. The second-order valence-corrected chi connectivity index (χ2v) is 5.18. The Morgan fingerprint density at radius 3 is 2.14 bits per heavy atom. The molecule has 0 bridgehead atoms. The standard InChI is InChI=1S/C17H16F2O2/c1-11-2-4-12(5-3-11)8-14(17(20)21)9-13-6-7-15(18)16(19)10-13/h2-7,10,14H,8-9H2,1H3,(H,20,21). The molecule has 0 radical (unpaired) electrons. The lowest BCUT2D eigenvalue weighted by atomic mass is 9.92. The monoisotopic (exact) mass is 290 g/mol. The SMILES string of the molecule is Cc1ccc(CC(Cc2ccc(F)c(F)c2)C(=O)O)cc1. The summed E-state index contributed by atoms with van der Waals surface area (Å²) >= 11 is 0. The third kappa shape index (κ3) is 4.12. The van der Waals surface area contributed by atoms with Crippen molar-refractivity contribution < 1.29 is 18.7 Å². The average molecular weight is 290 g/mol. The number of carboxylic acids is 1. The molecule has 0 fully saturated rings. The van der Waals surface area contributed by atoms with Gasteiger partial charge in [-0.25, -0.2) is 8.78 Å². The fourth-order valence-electron chi connectivity index (χ4n) is 2.21. The minimum absolute atomic E-state index is 0.167. The largest absolute Gasteiger partial charge is 0.481 e. The second kappa shape index (κ2) is 6.48. The van der Waals surface area contributed by atoms with Crippen molar-refractivity contribution in [2.45, 2.75) is 19.8 Å². The van der Waals surface area contributed by atoms with Gasteiger partial charge in [0.1, 0.15) is 0 Å². The zero-order valence-corrected chi connectivity index (χ0v) is 11.6. The number of rotatable bonds is 5. The quantitative estimate of drug-likeness (QED) is 0.910. The maximum absolute atomic E-state index is 13.2. The number of carbonyl (C=O) groups is 1. The number of hydrogen-bond acceptors (Lipinski definition) is 1. The molecule has 2 nitrogen and oxygen atoms in total. The van der Waals surface area contributed by atoms with Gasteiger partial charge in [-0.2, -0.15) is 0 Å². The molecule has 1 atom stereocenters. The highest BCUT2D eigenvalue weighted by Crippen LogP contribution is 2.17. The van der Waals surface area contributed by atoms with Crippen molar-refractivity contribution in [1.82, 2.24) is 0 Å². The number of carboxylic acid groups (broad SMARTS) is 1. The van der Waals surface area contributed by atoms with Crippen LogP contribution in [-0.4, -0.2) is 11.1 Å². The first kappa shape index (κ1) is 15.2. The third-order valence-electron chi connectivity index (χ3n) is 3.42. The van der Waals surface area contributed by atoms with Gasteiger partial charge in [0.05, 0.1) is 5.92 Å². The van der Waals surface area contributed by atoms with Crippen LogP contribution in [0.1, 0.15) is 16.7 Å². The Balaban J connectivity index is 2.13. The van der Waals surface area contributed by atoms with Gasteiger partial charge in [0, 0.05) is 0 Å². The second-order valence-electron chi connectivity index (χ2n) is 5.18. The molecule has 0 saturated heterocycles. The molecular weight excluding hydrogens is 274 g/mol. The summed E-state index contributed by atoms with van der Waals surface area (Å²) in [5, 5.41) is 9.31. The Bertz CT molecular complexity index is 636. The van der Waals surface area contributed by atoms with E-state index < -0.39 is 23.5 Å². The van der Waals surface area contributed by atoms with Crippen molar-refractivity contribution in [1.29, 1.82) is 0 Å². The summed E-state index contributed by atoms with van der Waals surface area (Å²) in [5.41, 5.74) is 2.50. The van der Waals surface area contributed by atoms with Crippen molar-refractivity contribution in [3.05, 3.63) is 70.8 Å². The number of hydrogen-bond donors (Lipinski definition) is 1. The number of aryl methyl sites for hydroxylation is 1. The molecular formula is C17H16F2O2. The van der Waals surface area contributed by atoms with E-state index in [4.69, 9.17) is 0 Å². The van der Waals surface area contributed by atoms with Crippen LogP contribution in [0.15, 0.2) is 42.5 Å². The molecule has 2 aromatic carbocycles. The summed E-state index contributed by atoms with van der Waals surface area (Å²) in [6.45, 7) is 1.96. The summed E-state index contributed by atoms with van der Waals surface area (Å²) in [7, 11) is 0. The lowest BCUT2D eigenvalue weighted by Crippen LogP contribution is -2.19. The van der Waals surface area contributed by atoms with Gasteiger partial charge in [-0.15, -0.1) is 0 Å². The van der Waals surface area contributed by atoms with Crippen LogP contribution in [0.2, 0.25) is 0 Å². The Morgan fingerprint density at radius 2 is 1.57 bits per heavy atom. The van der Waals surface area contributed by atoms with E-state index in [-0.39, 0.29) is 6.42 Å². The van der Waals surface area contributed by atoms with E-state index in [1.807, 2.05) is 31.2 Å². The molecule has 0 saturated carbocycles. The van der Waals surface area contributed by atoms with Crippen LogP contribution in [0.25, 0.3) is 0 Å². The first-order valence-electron chi connectivity index (χ1n) is 6.68. The first-order valence-corrected chi connectivity index (χ1v) is 6.68. The number of aliphatic carboxylic acids is 1. The van der Waals surface area contributed by atoms with Crippen molar-refractivity contribution in [3.63, 3.8) is 0 Å². The van der Waals surface area contributed by atoms with Gasteiger partial charge in [0.25, 0.3) is 0 Å². The lowest BCUT2D eigenvalue weighted by Gasteiger charge is -2.13. The fourth-order valence-corrected chi connectivity index (χ4v) is 2.21. The van der Waals surface area contributed by atoms with E-state index in [0.29, 0.717) is 12.0 Å². The van der Waals surface area contributed by atoms with Gasteiger partial charge < -0.3 is 5.11 Å². The van der Waals surface area contributed by atoms with Crippen LogP contribution in [0.5, 0.6) is 0 Å². The highest BCUT2D eigenvalue weighted by Gasteiger charge is 2.19. The average Bonchev–Trinajstić information content (AvgIpc) is 2.44. The van der Waals surface area contributed by atoms with Crippen LogP contribution in [0.3, 0.4) is 0 Å². The predicted molar refractivity (Wildman–Crippen MR) is 76.1 cm³/mol. The highest BCUT2D eigenvalue weighted by molar-refractivity contribution is 5.70. The summed E-state index contributed by atoms with van der Waals surface area (Å²) in [6, 6.07) is 11.1. The van der Waals surface area contributed by atoms with E-state index in [1.165, 1.54) is 6.07 Å². The molecule has 0 spiro atoms. The summed E-state index contributed by atoms with van der Waals surface area (Å²) in [4.78, 5) is 11.4. The van der Waals surface area contributed by atoms with Gasteiger partial charge in [-0.3, -0.25) is 4.79 Å². The Morgan fingerprint density at radius 1 is 1.00 bits per heavy atom. The minimum Gasteiger partial charge on any atom is -0.481 e. The molecule has 0 heterocycles. The molecule has 4 heteroatoms. The van der Waals surface area contributed by atoms with Gasteiger partial charge in [0.15, 0.2) is 11.6 Å². The minimum atomic E-state index is -0.952. The summed E-state index contributed by atoms with van der Waals surface area (Å²) in [6.07, 6.45) is 0.523. The Kier molecular flexibility index (Phi) is 4.68. The molecule has 0 aromatic heterocycles. The van der Waals surface area contributed by atoms with E-state index in [1.54, 1.807) is 0 Å². The third-order valence-corrected chi connectivity index (χ3v) is 3.42. The molecule has 2 rings (SSSR count). The van der Waals surface area contributed by atoms with E-state index in [0.717, 1.165) is 23.3 Å². The topological polar surface area (TPSA) is 37.3 Å². The first-order chi connectivity index (χ1) is 9.95. The lowest BCUT2D eigenvalue weighted by molar-refractivity contribution is -0.141. The Hall–Kier alpha value is -2.23. The van der Waals surface area contributed by atoms with Crippen LogP contribution < -0.4 is 0 Å². The van der Waals surface area contributed by atoms with Gasteiger partial charge in [-0.05, 0) is 43.0 Å². The zero-order chi connectivity index (χ0) is 15.4. The van der Waals surface area contributed by atoms with Crippen LogP contribution in [0, 0.1) is 24.5 Å². The number of benzene rings is 2. The molecule has 0 aliphatic carbocycles. The molecule has 21 heavy (non-hydrogen) atoms. The molecule has 0 aliphatic heterocycles. The van der Waals surface area contributed by atoms with Crippen molar-refractivity contribution in [3.8, 4) is 0 Å². The van der Waals surface area contributed by atoms with Gasteiger partial charge in [0.2, 0.25) is 0 Å². The van der Waals surface area contributed by atoms with Crippen LogP contribution in [-0.2, 0) is 17.6 Å². The smallest absolute Gasteiger partial charge is 0.307 e. The Labute approximate surface area is 122 Å². The molecule has 0 aliphatic rings. The maximum atomic E-state index is 13.2. The molecule has 0 amide bonds. The van der Waals surface area contributed by atoms with Gasteiger partial charge >= 0.3 is 5.97 Å². The van der Waals surface area contributed by atoms with Crippen LogP contribution in [0.4, 0.5) is 8.78 Å². The maximum Gasteiger partial charge on any atom is 0.307 e. The molecule has 2 aromatic rings. The predicted octanol–water partition coefficient (Wildman–Crippen LogP) is 3.76. The van der Waals surface area contributed by atoms with Crippen molar-refractivity contribution in [2.75, 3.05) is 0 Å². The molecule has 110 valence electrons. The van der Waals surface area contributed by atoms with Crippen LogP contribution >= 0.6 is 0 Å². The molecule has 1 unspecified atom stereocenters. The van der Waals surface area contributed by atoms with E-state index >= 15 is 0 Å². The summed E-state index contributed by atoms with van der Waals surface area (Å²) in [5.74, 6) is -3.49. The zero-order valence-electron chi connectivity index (χ0n) is 11.6. The van der Waals surface area contributed by atoms with Crippen molar-refractivity contribution >= 4 is 5.97 Å². The normalized spacial score (nSPS) is 12.1. The molecule has 1 N–H and O–H groups in total. The number of halogens is 2.